The monoisotopic (exact) mass is 583 g/mol. The number of nitrogens with one attached hydrogen (secondary N) is 1. The van der Waals surface area contributed by atoms with Gasteiger partial charge in [-0.1, -0.05) is 67.2 Å². The van der Waals surface area contributed by atoms with Gasteiger partial charge >= 0.3 is 0 Å². The lowest BCUT2D eigenvalue weighted by atomic mass is 9.91. The van der Waals surface area contributed by atoms with Gasteiger partial charge in [-0.05, 0) is 47.5 Å². The van der Waals surface area contributed by atoms with Crippen molar-refractivity contribution in [1.29, 1.82) is 0 Å². The smallest absolute Gasteiger partial charge is 0.257 e. The number of hydrogen-bond donors (Lipinski definition) is 2. The molecule has 41 heavy (non-hydrogen) atoms. The molecule has 3 heterocycles. The fourth-order valence-corrected chi connectivity index (χ4v) is 7.06. The lowest BCUT2D eigenvalue weighted by Crippen LogP contribution is -2.38. The minimum Gasteiger partial charge on any atom is -0.392 e. The van der Waals surface area contributed by atoms with Gasteiger partial charge in [0.1, 0.15) is 0 Å². The first-order valence-corrected chi connectivity index (χ1v) is 15.2. The average Bonchev–Trinajstić information content (AvgIpc) is 3.45. The molecule has 6 rings (SSSR count). The summed E-state index contributed by atoms with van der Waals surface area (Å²) < 4.78 is 15.3. The van der Waals surface area contributed by atoms with Gasteiger partial charge in [0.25, 0.3) is 5.91 Å². The Morgan fingerprint density at radius 3 is 2.49 bits per heavy atom. The quantitative estimate of drug-likeness (QED) is 0.190. The van der Waals surface area contributed by atoms with E-state index in [1.807, 2.05) is 66.7 Å². The molecule has 1 aliphatic heterocycles. The SMILES string of the molecule is CC1C(CSc2nc3ccccc3s2)OC(c2ccc(NC(=O)c3cccnc3)cc2)OC1c1ccc(CO)cc1. The Labute approximate surface area is 246 Å². The number of amides is 1. The number of thiazole rings is 1. The molecule has 0 spiro atoms. The normalized spacial score (nSPS) is 20.6. The summed E-state index contributed by atoms with van der Waals surface area (Å²) in [5, 5.41) is 12.4. The van der Waals surface area contributed by atoms with E-state index in [4.69, 9.17) is 14.5 Å². The van der Waals surface area contributed by atoms with Gasteiger partial charge in [-0.15, -0.1) is 11.3 Å². The first kappa shape index (κ1) is 27.6. The number of thioether (sulfide) groups is 1. The number of ether oxygens (including phenoxy) is 2. The third kappa shape index (κ3) is 6.34. The van der Waals surface area contributed by atoms with Crippen molar-refractivity contribution in [2.75, 3.05) is 11.1 Å². The Morgan fingerprint density at radius 1 is 0.976 bits per heavy atom. The van der Waals surface area contributed by atoms with Crippen LogP contribution in [0.4, 0.5) is 5.69 Å². The topological polar surface area (TPSA) is 93.6 Å². The van der Waals surface area contributed by atoms with E-state index in [1.54, 1.807) is 41.4 Å². The maximum absolute atomic E-state index is 12.5. The van der Waals surface area contributed by atoms with Gasteiger partial charge < -0.3 is 19.9 Å². The predicted octanol–water partition coefficient (Wildman–Crippen LogP) is 7.02. The van der Waals surface area contributed by atoms with Gasteiger partial charge in [0.2, 0.25) is 0 Å². The molecule has 1 amide bonds. The first-order valence-electron chi connectivity index (χ1n) is 13.4. The molecule has 2 N–H and O–H groups in total. The largest absolute Gasteiger partial charge is 0.392 e. The van der Waals surface area contributed by atoms with Gasteiger partial charge in [-0.2, -0.15) is 0 Å². The van der Waals surface area contributed by atoms with E-state index in [9.17, 15) is 9.90 Å². The van der Waals surface area contributed by atoms with Gasteiger partial charge in [0.15, 0.2) is 10.6 Å². The highest BCUT2D eigenvalue weighted by atomic mass is 32.2. The van der Waals surface area contributed by atoms with E-state index < -0.39 is 6.29 Å². The van der Waals surface area contributed by atoms with Crippen molar-refractivity contribution in [3.8, 4) is 0 Å². The minimum absolute atomic E-state index is 0.00179. The van der Waals surface area contributed by atoms with Crippen molar-refractivity contribution in [3.63, 3.8) is 0 Å². The molecule has 9 heteroatoms. The van der Waals surface area contributed by atoms with Gasteiger partial charge in [-0.3, -0.25) is 9.78 Å². The fraction of sp³-hybridized carbons (Fsp3) is 0.219. The molecule has 4 unspecified atom stereocenters. The van der Waals surface area contributed by atoms with Crippen LogP contribution in [0.3, 0.4) is 0 Å². The zero-order valence-corrected chi connectivity index (χ0v) is 24.0. The zero-order chi connectivity index (χ0) is 28.2. The molecule has 0 radical (unpaired) electrons. The second-order valence-corrected chi connectivity index (χ2v) is 12.2. The number of anilines is 1. The van der Waals surface area contributed by atoms with E-state index in [2.05, 4.69) is 23.3 Å². The van der Waals surface area contributed by atoms with E-state index in [1.165, 1.54) is 10.9 Å². The van der Waals surface area contributed by atoms with Crippen molar-refractivity contribution >= 4 is 44.9 Å². The standard InChI is InChI=1S/C32H29N3O4S2/c1-20-27(19-40-32-35-26-6-2-3-7-28(26)41-32)38-31(39-29(20)22-10-8-21(18-36)9-11-22)23-12-14-25(15-13-23)34-30(37)24-5-4-16-33-17-24/h2-17,20,27,29,31,36H,18-19H2,1H3,(H,34,37). The molecule has 1 aliphatic rings. The molecular formula is C32H29N3O4S2. The van der Waals surface area contributed by atoms with Crippen molar-refractivity contribution in [2.45, 2.75) is 36.4 Å². The van der Waals surface area contributed by atoms with Crippen LogP contribution in [0.15, 0.2) is 102 Å². The number of aliphatic hydroxyl groups excluding tert-OH is 1. The van der Waals surface area contributed by atoms with Crippen LogP contribution >= 0.6 is 23.1 Å². The summed E-state index contributed by atoms with van der Waals surface area (Å²) in [7, 11) is 0. The van der Waals surface area contributed by atoms with Crippen molar-refractivity contribution in [1.82, 2.24) is 9.97 Å². The van der Waals surface area contributed by atoms with Crippen LogP contribution in [0.5, 0.6) is 0 Å². The first-order chi connectivity index (χ1) is 20.1. The lowest BCUT2D eigenvalue weighted by molar-refractivity contribution is -0.268. The molecule has 5 aromatic rings. The summed E-state index contributed by atoms with van der Waals surface area (Å²) in [5.74, 6) is 0.583. The van der Waals surface area contributed by atoms with Gasteiger partial charge in [0, 0.05) is 35.3 Å². The maximum Gasteiger partial charge on any atom is 0.257 e. The number of para-hydroxylation sites is 1. The molecule has 208 valence electrons. The average molecular weight is 584 g/mol. The van der Waals surface area contributed by atoms with E-state index in [-0.39, 0.29) is 30.6 Å². The number of hydrogen-bond acceptors (Lipinski definition) is 8. The summed E-state index contributed by atoms with van der Waals surface area (Å²) in [6.45, 7) is 2.15. The summed E-state index contributed by atoms with van der Waals surface area (Å²) in [5.41, 5.74) is 4.94. The molecule has 0 saturated carbocycles. The number of aromatic nitrogens is 2. The van der Waals surface area contributed by atoms with Gasteiger partial charge in [0.05, 0.1) is 34.6 Å². The molecule has 1 fully saturated rings. The zero-order valence-electron chi connectivity index (χ0n) is 22.3. The van der Waals surface area contributed by atoms with Crippen LogP contribution in [0.1, 0.15) is 46.4 Å². The third-order valence-electron chi connectivity index (χ3n) is 7.13. The number of carbonyl (C=O) groups excluding carboxylic acids is 1. The van der Waals surface area contributed by atoms with Crippen LogP contribution < -0.4 is 5.32 Å². The highest BCUT2D eigenvalue weighted by Crippen LogP contribution is 2.43. The Hall–Kier alpha value is -3.60. The Balaban J connectivity index is 1.21. The van der Waals surface area contributed by atoms with Crippen LogP contribution in [0.2, 0.25) is 0 Å². The molecule has 7 nitrogen and oxygen atoms in total. The summed E-state index contributed by atoms with van der Waals surface area (Å²) in [6, 6.07) is 27.1. The van der Waals surface area contributed by atoms with Crippen molar-refractivity contribution in [3.05, 3.63) is 120 Å². The Bertz CT molecular complexity index is 1580. The van der Waals surface area contributed by atoms with E-state index in [0.29, 0.717) is 11.3 Å². The molecule has 2 aromatic heterocycles. The molecule has 0 aliphatic carbocycles. The lowest BCUT2D eigenvalue weighted by Gasteiger charge is -2.41. The maximum atomic E-state index is 12.5. The third-order valence-corrected chi connectivity index (χ3v) is 9.40. The van der Waals surface area contributed by atoms with Crippen LogP contribution in [-0.4, -0.2) is 32.8 Å². The molecule has 1 saturated heterocycles. The molecule has 4 atom stereocenters. The number of benzene rings is 3. The Kier molecular flexibility index (Phi) is 8.41. The highest BCUT2D eigenvalue weighted by molar-refractivity contribution is 8.01. The highest BCUT2D eigenvalue weighted by Gasteiger charge is 2.38. The van der Waals surface area contributed by atoms with Crippen molar-refractivity contribution in [2.24, 2.45) is 5.92 Å². The second-order valence-electron chi connectivity index (χ2n) is 9.90. The molecule has 3 aromatic carbocycles. The van der Waals surface area contributed by atoms with Crippen LogP contribution in [-0.2, 0) is 16.1 Å². The minimum atomic E-state index is -0.585. The number of nitrogens with zero attached hydrogens (tertiary/aromatic N) is 2. The molecular weight excluding hydrogens is 555 g/mol. The summed E-state index contributed by atoms with van der Waals surface area (Å²) in [6.07, 6.45) is 2.28. The Morgan fingerprint density at radius 2 is 1.76 bits per heavy atom. The summed E-state index contributed by atoms with van der Waals surface area (Å²) >= 11 is 3.40. The van der Waals surface area contributed by atoms with Crippen LogP contribution in [0.25, 0.3) is 10.2 Å². The van der Waals surface area contributed by atoms with Crippen LogP contribution in [0, 0.1) is 5.92 Å². The number of rotatable bonds is 8. The predicted molar refractivity (Wildman–Crippen MR) is 162 cm³/mol. The number of pyridine rings is 1. The van der Waals surface area contributed by atoms with E-state index >= 15 is 0 Å². The van der Waals surface area contributed by atoms with Crippen molar-refractivity contribution < 1.29 is 19.4 Å². The number of fused-ring (bicyclic) bond motifs is 1. The fourth-order valence-electron chi connectivity index (χ4n) is 4.80. The molecule has 0 bridgehead atoms. The number of aliphatic hydroxyl groups is 1. The second kappa shape index (κ2) is 12.5. The van der Waals surface area contributed by atoms with Gasteiger partial charge in [-0.25, -0.2) is 4.98 Å². The number of carbonyl (C=O) groups is 1. The summed E-state index contributed by atoms with van der Waals surface area (Å²) in [4.78, 5) is 21.3. The van der Waals surface area contributed by atoms with E-state index in [0.717, 1.165) is 32.3 Å².